The summed E-state index contributed by atoms with van der Waals surface area (Å²) in [5.74, 6) is 0. The van der Waals surface area contributed by atoms with Gasteiger partial charge in [-0.2, -0.15) is 0 Å². The molecule has 1 aromatic rings. The highest BCUT2D eigenvalue weighted by atomic mass is 16.5. The van der Waals surface area contributed by atoms with Gasteiger partial charge in [-0.3, -0.25) is 0 Å². The van der Waals surface area contributed by atoms with Crippen molar-refractivity contribution in [3.8, 4) is 0 Å². The maximum atomic E-state index is 5.32. The van der Waals surface area contributed by atoms with Crippen LogP contribution in [0.1, 0.15) is 24.2 Å². The number of rotatable bonds is 5. The molecule has 0 bridgehead atoms. The predicted octanol–water partition coefficient (Wildman–Crippen LogP) is 1.84. The zero-order valence-electron chi connectivity index (χ0n) is 11.5. The molecule has 2 rings (SSSR count). The Labute approximate surface area is 110 Å². The zero-order chi connectivity index (χ0) is 12.8. The molecule has 1 atom stereocenters. The van der Waals surface area contributed by atoms with Crippen molar-refractivity contribution in [1.82, 2.24) is 10.2 Å². The van der Waals surface area contributed by atoms with Crippen LogP contribution in [0.2, 0.25) is 0 Å². The summed E-state index contributed by atoms with van der Waals surface area (Å²) >= 11 is 0. The van der Waals surface area contributed by atoms with Crippen LogP contribution in [0.4, 0.5) is 0 Å². The molecule has 1 fully saturated rings. The van der Waals surface area contributed by atoms with Gasteiger partial charge in [0.1, 0.15) is 0 Å². The third-order valence-corrected chi connectivity index (χ3v) is 3.73. The molecule has 0 spiro atoms. The Morgan fingerprint density at radius 2 is 1.89 bits per heavy atom. The van der Waals surface area contributed by atoms with Crippen LogP contribution in [-0.4, -0.2) is 44.7 Å². The minimum atomic E-state index is 0.187. The average molecular weight is 248 g/mol. The minimum Gasteiger partial charge on any atom is -0.377 e. The molecule has 0 aromatic heterocycles. The van der Waals surface area contributed by atoms with Gasteiger partial charge in [0.05, 0.1) is 6.10 Å². The first-order chi connectivity index (χ1) is 8.79. The second-order valence-corrected chi connectivity index (χ2v) is 4.96. The highest BCUT2D eigenvalue weighted by Crippen LogP contribution is 2.16. The molecule has 3 heteroatoms. The van der Waals surface area contributed by atoms with Crippen molar-refractivity contribution < 1.29 is 4.74 Å². The van der Waals surface area contributed by atoms with Crippen molar-refractivity contribution in [2.45, 2.75) is 19.4 Å². The fraction of sp³-hybridized carbons (Fsp3) is 0.600. The van der Waals surface area contributed by atoms with Gasteiger partial charge in [-0.05, 0) is 24.5 Å². The Balaban J connectivity index is 1.82. The summed E-state index contributed by atoms with van der Waals surface area (Å²) in [6.07, 6.45) is 1.33. The second kappa shape index (κ2) is 6.88. The van der Waals surface area contributed by atoms with E-state index in [9.17, 15) is 0 Å². The third kappa shape index (κ3) is 3.80. The highest BCUT2D eigenvalue weighted by Gasteiger charge is 2.09. The first-order valence-electron chi connectivity index (χ1n) is 6.84. The van der Waals surface area contributed by atoms with E-state index in [1.807, 2.05) is 0 Å². The van der Waals surface area contributed by atoms with E-state index in [0.717, 1.165) is 19.5 Å². The van der Waals surface area contributed by atoms with Crippen LogP contribution in [0.3, 0.4) is 0 Å². The largest absolute Gasteiger partial charge is 0.377 e. The average Bonchev–Trinajstić information content (AvgIpc) is 2.46. The number of nitrogens with one attached hydrogen (secondary N) is 1. The van der Waals surface area contributed by atoms with Gasteiger partial charge in [-0.15, -0.1) is 0 Å². The van der Waals surface area contributed by atoms with E-state index in [2.05, 4.69) is 41.4 Å². The third-order valence-electron chi connectivity index (χ3n) is 3.73. The number of methoxy groups -OCH3 is 1. The van der Waals surface area contributed by atoms with E-state index in [0.29, 0.717) is 0 Å². The van der Waals surface area contributed by atoms with Gasteiger partial charge >= 0.3 is 0 Å². The maximum absolute atomic E-state index is 5.32. The number of hydrogen-bond acceptors (Lipinski definition) is 3. The van der Waals surface area contributed by atoms with E-state index >= 15 is 0 Å². The Morgan fingerprint density at radius 3 is 2.50 bits per heavy atom. The number of ether oxygens (including phenoxy) is 1. The fourth-order valence-electron chi connectivity index (χ4n) is 2.31. The van der Waals surface area contributed by atoms with Gasteiger partial charge in [-0.1, -0.05) is 24.3 Å². The SMILES string of the molecule is COC(C)c1ccc(CCN2CCNCC2)cc1. The molecule has 0 aliphatic carbocycles. The summed E-state index contributed by atoms with van der Waals surface area (Å²) in [7, 11) is 1.75. The molecule has 1 aliphatic heterocycles. The Morgan fingerprint density at radius 1 is 1.22 bits per heavy atom. The number of hydrogen-bond donors (Lipinski definition) is 1. The fourth-order valence-corrected chi connectivity index (χ4v) is 2.31. The lowest BCUT2D eigenvalue weighted by atomic mass is 10.1. The van der Waals surface area contributed by atoms with Crippen LogP contribution in [0, 0.1) is 0 Å². The quantitative estimate of drug-likeness (QED) is 0.860. The molecule has 0 saturated carbocycles. The van der Waals surface area contributed by atoms with Crippen LogP contribution in [0.5, 0.6) is 0 Å². The molecular weight excluding hydrogens is 224 g/mol. The van der Waals surface area contributed by atoms with Gasteiger partial charge in [0.25, 0.3) is 0 Å². The van der Waals surface area contributed by atoms with Crippen LogP contribution >= 0.6 is 0 Å². The van der Waals surface area contributed by atoms with Crippen LogP contribution in [0.15, 0.2) is 24.3 Å². The molecule has 18 heavy (non-hydrogen) atoms. The van der Waals surface area contributed by atoms with Crippen LogP contribution in [-0.2, 0) is 11.2 Å². The lowest BCUT2D eigenvalue weighted by molar-refractivity contribution is 0.119. The van der Waals surface area contributed by atoms with E-state index in [4.69, 9.17) is 4.74 Å². The van der Waals surface area contributed by atoms with Crippen molar-refractivity contribution in [2.24, 2.45) is 0 Å². The lowest BCUT2D eigenvalue weighted by Gasteiger charge is -2.27. The standard InChI is InChI=1S/C15H24N2O/c1-13(18-2)15-5-3-14(4-6-15)7-10-17-11-8-16-9-12-17/h3-6,13,16H,7-12H2,1-2H3. The molecule has 1 aromatic carbocycles. The number of piperazine rings is 1. The summed E-state index contributed by atoms with van der Waals surface area (Å²) in [5.41, 5.74) is 2.67. The molecule has 1 saturated heterocycles. The molecule has 1 aliphatic rings. The van der Waals surface area contributed by atoms with Gasteiger partial charge in [0.15, 0.2) is 0 Å². The normalized spacial score (nSPS) is 18.8. The molecule has 0 amide bonds. The van der Waals surface area contributed by atoms with Gasteiger partial charge < -0.3 is 15.0 Å². The first kappa shape index (κ1) is 13.5. The van der Waals surface area contributed by atoms with Crippen LogP contribution < -0.4 is 5.32 Å². The molecule has 100 valence electrons. The smallest absolute Gasteiger partial charge is 0.0793 e. The summed E-state index contributed by atoms with van der Waals surface area (Å²) < 4.78 is 5.32. The molecule has 3 nitrogen and oxygen atoms in total. The number of nitrogens with zero attached hydrogens (tertiary/aromatic N) is 1. The Bertz CT molecular complexity index is 344. The van der Waals surface area contributed by atoms with E-state index < -0.39 is 0 Å². The van der Waals surface area contributed by atoms with Crippen molar-refractivity contribution in [3.05, 3.63) is 35.4 Å². The van der Waals surface area contributed by atoms with Crippen molar-refractivity contribution in [2.75, 3.05) is 39.8 Å². The van der Waals surface area contributed by atoms with Gasteiger partial charge in [-0.25, -0.2) is 0 Å². The zero-order valence-corrected chi connectivity index (χ0v) is 11.5. The van der Waals surface area contributed by atoms with Gasteiger partial charge in [0.2, 0.25) is 0 Å². The van der Waals surface area contributed by atoms with E-state index in [-0.39, 0.29) is 6.10 Å². The molecule has 1 N–H and O–H groups in total. The lowest BCUT2D eigenvalue weighted by Crippen LogP contribution is -2.44. The highest BCUT2D eigenvalue weighted by molar-refractivity contribution is 5.24. The minimum absolute atomic E-state index is 0.187. The Hall–Kier alpha value is -0.900. The van der Waals surface area contributed by atoms with E-state index in [1.54, 1.807) is 7.11 Å². The molecular formula is C15H24N2O. The predicted molar refractivity (Wildman–Crippen MR) is 74.9 cm³/mol. The van der Waals surface area contributed by atoms with Crippen molar-refractivity contribution in [3.63, 3.8) is 0 Å². The monoisotopic (exact) mass is 248 g/mol. The molecule has 1 heterocycles. The molecule has 0 radical (unpaired) electrons. The topological polar surface area (TPSA) is 24.5 Å². The van der Waals surface area contributed by atoms with Crippen molar-refractivity contribution in [1.29, 1.82) is 0 Å². The first-order valence-corrected chi connectivity index (χ1v) is 6.84. The molecule has 1 unspecified atom stereocenters. The van der Waals surface area contributed by atoms with E-state index in [1.165, 1.54) is 30.8 Å². The summed E-state index contributed by atoms with van der Waals surface area (Å²) in [4.78, 5) is 2.53. The second-order valence-electron chi connectivity index (χ2n) is 4.96. The Kier molecular flexibility index (Phi) is 5.17. The summed E-state index contributed by atoms with van der Waals surface area (Å²) in [5, 5.41) is 3.38. The van der Waals surface area contributed by atoms with Crippen molar-refractivity contribution >= 4 is 0 Å². The number of benzene rings is 1. The van der Waals surface area contributed by atoms with Crippen LogP contribution in [0.25, 0.3) is 0 Å². The maximum Gasteiger partial charge on any atom is 0.0793 e. The summed E-state index contributed by atoms with van der Waals surface area (Å²) in [6, 6.07) is 8.82. The van der Waals surface area contributed by atoms with Gasteiger partial charge in [0, 0.05) is 39.8 Å². The summed E-state index contributed by atoms with van der Waals surface area (Å²) in [6.45, 7) is 7.86.